The van der Waals surface area contributed by atoms with Crippen LogP contribution >= 0.6 is 15.9 Å². The number of nitrogens with zero attached hydrogens (tertiary/aromatic N) is 2. The summed E-state index contributed by atoms with van der Waals surface area (Å²) in [6.07, 6.45) is 1.32. The first-order valence-electron chi connectivity index (χ1n) is 5.22. The third-order valence-electron chi connectivity index (χ3n) is 2.28. The van der Waals surface area contributed by atoms with Gasteiger partial charge in [-0.05, 0) is 34.1 Å². The van der Waals surface area contributed by atoms with Crippen molar-refractivity contribution in [1.82, 2.24) is 4.98 Å². The van der Waals surface area contributed by atoms with Crippen molar-refractivity contribution < 1.29 is 14.4 Å². The first kappa shape index (κ1) is 13.3. The van der Waals surface area contributed by atoms with Crippen molar-refractivity contribution in [2.75, 3.05) is 7.11 Å². The smallest absolute Gasteiger partial charge is 0.276 e. The van der Waals surface area contributed by atoms with Gasteiger partial charge in [0.2, 0.25) is 5.88 Å². The number of benzene rings is 1. The van der Waals surface area contributed by atoms with E-state index in [4.69, 9.17) is 9.47 Å². The number of nitro groups is 1. The van der Waals surface area contributed by atoms with E-state index in [-0.39, 0.29) is 11.6 Å². The van der Waals surface area contributed by atoms with Crippen LogP contribution in [0.15, 0.2) is 41.0 Å². The van der Waals surface area contributed by atoms with Crippen LogP contribution in [0, 0.1) is 10.1 Å². The van der Waals surface area contributed by atoms with E-state index in [1.807, 2.05) is 0 Å². The number of halogens is 1. The van der Waals surface area contributed by atoms with E-state index in [1.165, 1.54) is 18.3 Å². The normalized spacial score (nSPS) is 10.0. The number of hydrogen-bond acceptors (Lipinski definition) is 5. The maximum Gasteiger partial charge on any atom is 0.276 e. The molecular formula is C12H9BrN2O4. The average molecular weight is 325 g/mol. The summed E-state index contributed by atoms with van der Waals surface area (Å²) >= 11 is 3.33. The topological polar surface area (TPSA) is 74.5 Å². The van der Waals surface area contributed by atoms with Crippen LogP contribution in [-0.4, -0.2) is 17.0 Å². The second-order valence-corrected chi connectivity index (χ2v) is 4.36. The Morgan fingerprint density at radius 1 is 1.32 bits per heavy atom. The molecule has 1 heterocycles. The molecule has 2 aromatic rings. The lowest BCUT2D eigenvalue weighted by Crippen LogP contribution is -1.92. The number of ether oxygens (including phenoxy) is 2. The van der Waals surface area contributed by atoms with E-state index in [0.717, 1.165) is 0 Å². The van der Waals surface area contributed by atoms with Crippen LogP contribution < -0.4 is 9.47 Å². The molecule has 0 aliphatic carbocycles. The van der Waals surface area contributed by atoms with Gasteiger partial charge in [0.05, 0.1) is 22.6 Å². The van der Waals surface area contributed by atoms with Gasteiger partial charge in [-0.3, -0.25) is 10.1 Å². The van der Waals surface area contributed by atoms with Crippen molar-refractivity contribution in [1.29, 1.82) is 0 Å². The number of hydrogen-bond donors (Lipinski definition) is 0. The maximum absolute atomic E-state index is 10.7. The Morgan fingerprint density at radius 3 is 2.74 bits per heavy atom. The first-order valence-corrected chi connectivity index (χ1v) is 6.01. The molecule has 1 aromatic carbocycles. The second-order valence-electron chi connectivity index (χ2n) is 3.51. The molecule has 0 fully saturated rings. The minimum Gasteiger partial charge on any atom is -0.497 e. The van der Waals surface area contributed by atoms with Crippen molar-refractivity contribution in [3.05, 3.63) is 51.1 Å². The van der Waals surface area contributed by atoms with Gasteiger partial charge in [-0.1, -0.05) is 0 Å². The van der Waals surface area contributed by atoms with E-state index in [1.54, 1.807) is 25.3 Å². The van der Waals surface area contributed by atoms with Crippen LogP contribution in [0.3, 0.4) is 0 Å². The van der Waals surface area contributed by atoms with Gasteiger partial charge in [0.1, 0.15) is 11.5 Å². The zero-order valence-corrected chi connectivity index (χ0v) is 11.5. The zero-order chi connectivity index (χ0) is 13.8. The fraction of sp³-hybridized carbons (Fsp3) is 0.0833. The molecule has 0 radical (unpaired) electrons. The molecule has 7 heteroatoms. The molecule has 0 aliphatic heterocycles. The van der Waals surface area contributed by atoms with Gasteiger partial charge in [0.25, 0.3) is 5.69 Å². The van der Waals surface area contributed by atoms with Crippen molar-refractivity contribution in [3.63, 3.8) is 0 Å². The second kappa shape index (κ2) is 5.66. The summed E-state index contributed by atoms with van der Waals surface area (Å²) in [5.41, 5.74) is -0.0744. The Morgan fingerprint density at radius 2 is 2.11 bits per heavy atom. The molecule has 0 saturated carbocycles. The molecular weight excluding hydrogens is 316 g/mol. The predicted octanol–water partition coefficient (Wildman–Crippen LogP) is 3.55. The van der Waals surface area contributed by atoms with Crippen LogP contribution in [0.1, 0.15) is 0 Å². The molecule has 2 rings (SSSR count). The molecule has 6 nitrogen and oxygen atoms in total. The molecule has 0 atom stereocenters. The third kappa shape index (κ3) is 3.19. The maximum atomic E-state index is 10.7. The first-order chi connectivity index (χ1) is 9.10. The van der Waals surface area contributed by atoms with Crippen LogP contribution in [0.4, 0.5) is 5.69 Å². The quantitative estimate of drug-likeness (QED) is 0.635. The number of rotatable bonds is 4. The van der Waals surface area contributed by atoms with Crippen LogP contribution in [0.5, 0.6) is 17.4 Å². The summed E-state index contributed by atoms with van der Waals surface area (Å²) in [7, 11) is 1.56. The van der Waals surface area contributed by atoms with Gasteiger partial charge in [-0.25, -0.2) is 4.98 Å². The minimum atomic E-state index is -0.502. The minimum absolute atomic E-state index is 0.0744. The monoisotopic (exact) mass is 324 g/mol. The molecule has 0 unspecified atom stereocenters. The van der Waals surface area contributed by atoms with E-state index < -0.39 is 4.92 Å². The lowest BCUT2D eigenvalue weighted by molar-refractivity contribution is -0.385. The molecule has 0 aliphatic rings. The highest BCUT2D eigenvalue weighted by molar-refractivity contribution is 9.10. The molecule has 0 N–H and O–H groups in total. The summed E-state index contributed by atoms with van der Waals surface area (Å²) in [5.74, 6) is 1.32. The SMILES string of the molecule is COc1ccc(Oc2cc([N+](=O)[O-])ccn2)c(Br)c1. The highest BCUT2D eigenvalue weighted by Gasteiger charge is 2.10. The number of aromatic nitrogens is 1. The van der Waals surface area contributed by atoms with Crippen LogP contribution in [0.2, 0.25) is 0 Å². The molecule has 0 spiro atoms. The van der Waals surface area contributed by atoms with E-state index in [2.05, 4.69) is 20.9 Å². The van der Waals surface area contributed by atoms with Gasteiger partial charge in [-0.2, -0.15) is 0 Å². The van der Waals surface area contributed by atoms with Gasteiger partial charge in [0, 0.05) is 12.3 Å². The Bertz CT molecular complexity index is 618. The van der Waals surface area contributed by atoms with Gasteiger partial charge >= 0.3 is 0 Å². The zero-order valence-electron chi connectivity index (χ0n) is 9.87. The number of methoxy groups -OCH3 is 1. The van der Waals surface area contributed by atoms with Gasteiger partial charge < -0.3 is 9.47 Å². The third-order valence-corrected chi connectivity index (χ3v) is 2.90. The van der Waals surface area contributed by atoms with Crippen molar-refractivity contribution >= 4 is 21.6 Å². The number of pyridine rings is 1. The van der Waals surface area contributed by atoms with Crippen LogP contribution in [0.25, 0.3) is 0 Å². The van der Waals surface area contributed by atoms with Crippen molar-refractivity contribution in [2.24, 2.45) is 0 Å². The summed E-state index contributed by atoms with van der Waals surface area (Å²) in [4.78, 5) is 14.1. The molecule has 0 bridgehead atoms. The summed E-state index contributed by atoms with van der Waals surface area (Å²) in [6, 6.07) is 7.69. The lowest BCUT2D eigenvalue weighted by Gasteiger charge is -2.08. The molecule has 0 amide bonds. The standard InChI is InChI=1S/C12H9BrN2O4/c1-18-9-2-3-11(10(13)7-9)19-12-6-8(15(16)17)4-5-14-12/h2-7H,1H3. The highest BCUT2D eigenvalue weighted by atomic mass is 79.9. The van der Waals surface area contributed by atoms with Crippen molar-refractivity contribution in [2.45, 2.75) is 0 Å². The molecule has 0 saturated heterocycles. The Labute approximate surface area is 117 Å². The fourth-order valence-corrected chi connectivity index (χ4v) is 1.81. The van der Waals surface area contributed by atoms with E-state index >= 15 is 0 Å². The highest BCUT2D eigenvalue weighted by Crippen LogP contribution is 2.32. The predicted molar refractivity (Wildman–Crippen MR) is 71.7 cm³/mol. The lowest BCUT2D eigenvalue weighted by atomic mass is 10.3. The molecule has 98 valence electrons. The average Bonchev–Trinajstić information content (AvgIpc) is 2.41. The Balaban J connectivity index is 2.26. The summed E-state index contributed by atoms with van der Waals surface area (Å²) in [6.45, 7) is 0. The molecule has 19 heavy (non-hydrogen) atoms. The Kier molecular flexibility index (Phi) is 3.96. The summed E-state index contributed by atoms with van der Waals surface area (Å²) < 4.78 is 11.2. The van der Waals surface area contributed by atoms with Crippen LogP contribution in [-0.2, 0) is 0 Å². The van der Waals surface area contributed by atoms with E-state index in [0.29, 0.717) is 16.0 Å². The van der Waals surface area contributed by atoms with Gasteiger partial charge in [0.15, 0.2) is 0 Å². The summed E-state index contributed by atoms with van der Waals surface area (Å²) in [5, 5.41) is 10.7. The van der Waals surface area contributed by atoms with Gasteiger partial charge in [-0.15, -0.1) is 0 Å². The van der Waals surface area contributed by atoms with Crippen molar-refractivity contribution in [3.8, 4) is 17.4 Å². The molecule has 1 aromatic heterocycles. The largest absolute Gasteiger partial charge is 0.497 e. The van der Waals surface area contributed by atoms with E-state index in [9.17, 15) is 10.1 Å². The Hall–Kier alpha value is -2.15. The fourth-order valence-electron chi connectivity index (χ4n) is 1.37.